The lowest BCUT2D eigenvalue weighted by Crippen LogP contribution is -2.41. The van der Waals surface area contributed by atoms with E-state index < -0.39 is 0 Å². The summed E-state index contributed by atoms with van der Waals surface area (Å²) in [7, 11) is 1.77. The molecule has 1 unspecified atom stereocenters. The number of aryl methyl sites for hydroxylation is 1. The van der Waals surface area contributed by atoms with E-state index in [2.05, 4.69) is 69.7 Å². The van der Waals surface area contributed by atoms with Crippen LogP contribution >= 0.6 is 24.0 Å². The number of ether oxygens (including phenoxy) is 2. The normalized spacial score (nSPS) is 16.5. The van der Waals surface area contributed by atoms with Crippen LogP contribution in [0.2, 0.25) is 0 Å². The fourth-order valence-electron chi connectivity index (χ4n) is 3.49. The van der Waals surface area contributed by atoms with E-state index in [0.717, 1.165) is 48.4 Å². The number of pyridine rings is 1. The van der Waals surface area contributed by atoms with Gasteiger partial charge in [-0.25, -0.2) is 4.98 Å². The zero-order chi connectivity index (χ0) is 22.2. The minimum absolute atomic E-state index is 0. The molecule has 1 saturated heterocycles. The second-order valence-corrected chi connectivity index (χ2v) is 8.21. The van der Waals surface area contributed by atoms with Gasteiger partial charge in [0.25, 0.3) is 0 Å². The fourth-order valence-corrected chi connectivity index (χ4v) is 3.49. The number of aromatic nitrogens is 1. The summed E-state index contributed by atoms with van der Waals surface area (Å²) in [4.78, 5) is 11.2. The maximum absolute atomic E-state index is 5.97. The first kappa shape index (κ1) is 26.2. The van der Waals surface area contributed by atoms with E-state index >= 15 is 0 Å². The molecule has 3 rings (SSSR count). The SMILES string of the molecule is CN=C(NCc1ccc(N2CCOC(C)C2)nc1)NCc1ccc(C)cc1OC(C)C.I. The number of aliphatic imine (C=N–C) groups is 1. The van der Waals surface area contributed by atoms with E-state index in [-0.39, 0.29) is 36.2 Å². The Balaban J connectivity index is 0.00000363. The van der Waals surface area contributed by atoms with Crippen LogP contribution in [0.15, 0.2) is 41.5 Å². The van der Waals surface area contributed by atoms with Crippen molar-refractivity contribution in [3.63, 3.8) is 0 Å². The maximum atomic E-state index is 5.97. The molecule has 0 radical (unpaired) electrons. The summed E-state index contributed by atoms with van der Waals surface area (Å²) >= 11 is 0. The minimum Gasteiger partial charge on any atom is -0.491 e. The van der Waals surface area contributed by atoms with Gasteiger partial charge in [0.05, 0.1) is 18.8 Å². The van der Waals surface area contributed by atoms with Crippen LogP contribution in [0.3, 0.4) is 0 Å². The number of anilines is 1. The summed E-state index contributed by atoms with van der Waals surface area (Å²) in [6.45, 7) is 12.0. The Bertz CT molecular complexity index is 873. The molecule has 0 bridgehead atoms. The Kier molecular flexibility index (Phi) is 10.5. The lowest BCUT2D eigenvalue weighted by molar-refractivity contribution is 0.0529. The summed E-state index contributed by atoms with van der Waals surface area (Å²) in [6, 6.07) is 10.5. The highest BCUT2D eigenvalue weighted by molar-refractivity contribution is 14.0. The molecule has 1 fully saturated rings. The van der Waals surface area contributed by atoms with E-state index in [4.69, 9.17) is 9.47 Å². The summed E-state index contributed by atoms with van der Waals surface area (Å²) in [5, 5.41) is 6.73. The van der Waals surface area contributed by atoms with Gasteiger partial charge in [-0.15, -0.1) is 24.0 Å². The Labute approximate surface area is 209 Å². The topological polar surface area (TPSA) is 71.0 Å². The van der Waals surface area contributed by atoms with Gasteiger partial charge in [-0.2, -0.15) is 0 Å². The average molecular weight is 553 g/mol. The molecule has 2 aromatic rings. The van der Waals surface area contributed by atoms with Crippen molar-refractivity contribution in [1.29, 1.82) is 0 Å². The molecule has 1 aromatic heterocycles. The molecule has 176 valence electrons. The van der Waals surface area contributed by atoms with Gasteiger partial charge < -0.3 is 25.0 Å². The number of benzene rings is 1. The number of hydrogen-bond acceptors (Lipinski definition) is 5. The standard InChI is InChI=1S/C24H35N5O2.HI/c1-17(2)31-22-12-18(3)6-8-21(22)15-28-24(25-5)27-14-20-7-9-23(26-13-20)29-10-11-30-19(4)16-29;/h6-9,12-13,17,19H,10-11,14-16H2,1-5H3,(H2,25,27,28);1H. The predicted molar refractivity (Wildman–Crippen MR) is 141 cm³/mol. The molecular weight excluding hydrogens is 517 g/mol. The number of rotatable bonds is 7. The second kappa shape index (κ2) is 12.8. The average Bonchev–Trinajstić information content (AvgIpc) is 2.75. The van der Waals surface area contributed by atoms with Crippen molar-refractivity contribution in [3.05, 3.63) is 53.2 Å². The Morgan fingerprint density at radius 2 is 2.03 bits per heavy atom. The molecular formula is C24H36IN5O2. The van der Waals surface area contributed by atoms with Gasteiger partial charge in [0.2, 0.25) is 0 Å². The van der Waals surface area contributed by atoms with Crippen LogP contribution in [0.1, 0.15) is 37.5 Å². The highest BCUT2D eigenvalue weighted by Crippen LogP contribution is 2.21. The molecule has 0 aliphatic carbocycles. The maximum Gasteiger partial charge on any atom is 0.191 e. The van der Waals surface area contributed by atoms with E-state index in [9.17, 15) is 0 Å². The fraction of sp³-hybridized carbons (Fsp3) is 0.500. The summed E-state index contributed by atoms with van der Waals surface area (Å²) < 4.78 is 11.6. The molecule has 7 nitrogen and oxygen atoms in total. The number of nitrogens with zero attached hydrogens (tertiary/aromatic N) is 3. The first-order chi connectivity index (χ1) is 14.9. The first-order valence-corrected chi connectivity index (χ1v) is 11.0. The minimum atomic E-state index is 0. The highest BCUT2D eigenvalue weighted by atomic mass is 127. The van der Waals surface area contributed by atoms with Crippen LogP contribution < -0.4 is 20.3 Å². The molecule has 1 atom stereocenters. The van der Waals surface area contributed by atoms with Crippen molar-refractivity contribution < 1.29 is 9.47 Å². The van der Waals surface area contributed by atoms with Gasteiger partial charge in [-0.3, -0.25) is 4.99 Å². The molecule has 2 heterocycles. The van der Waals surface area contributed by atoms with Crippen molar-refractivity contribution in [1.82, 2.24) is 15.6 Å². The smallest absolute Gasteiger partial charge is 0.191 e. The summed E-state index contributed by atoms with van der Waals surface area (Å²) in [5.74, 6) is 2.65. The summed E-state index contributed by atoms with van der Waals surface area (Å²) in [6.07, 6.45) is 2.30. The lowest BCUT2D eigenvalue weighted by atomic mass is 10.1. The van der Waals surface area contributed by atoms with Gasteiger partial charge in [0, 0.05) is 45.0 Å². The Morgan fingerprint density at radius 3 is 2.69 bits per heavy atom. The van der Waals surface area contributed by atoms with Crippen LogP contribution in [0.25, 0.3) is 0 Å². The molecule has 1 aliphatic heterocycles. The van der Waals surface area contributed by atoms with E-state index in [0.29, 0.717) is 13.1 Å². The molecule has 0 amide bonds. The van der Waals surface area contributed by atoms with Crippen LogP contribution in [0.5, 0.6) is 5.75 Å². The predicted octanol–water partition coefficient (Wildman–Crippen LogP) is 3.89. The van der Waals surface area contributed by atoms with Crippen molar-refractivity contribution in [2.75, 3.05) is 31.6 Å². The van der Waals surface area contributed by atoms with Crippen molar-refractivity contribution in [3.8, 4) is 5.75 Å². The molecule has 8 heteroatoms. The Hall–Kier alpha value is -2.07. The monoisotopic (exact) mass is 553 g/mol. The number of halogens is 1. The van der Waals surface area contributed by atoms with Crippen molar-refractivity contribution in [2.24, 2.45) is 4.99 Å². The third-order valence-corrected chi connectivity index (χ3v) is 5.09. The largest absolute Gasteiger partial charge is 0.491 e. The third kappa shape index (κ3) is 7.81. The van der Waals surface area contributed by atoms with Gasteiger partial charge in [-0.1, -0.05) is 18.2 Å². The second-order valence-electron chi connectivity index (χ2n) is 8.21. The first-order valence-electron chi connectivity index (χ1n) is 11.0. The third-order valence-electron chi connectivity index (χ3n) is 5.09. The molecule has 1 aliphatic rings. The number of nitrogens with one attached hydrogen (secondary N) is 2. The van der Waals surface area contributed by atoms with Crippen LogP contribution in [0.4, 0.5) is 5.82 Å². The molecule has 0 spiro atoms. The van der Waals surface area contributed by atoms with Gasteiger partial charge in [0.15, 0.2) is 5.96 Å². The van der Waals surface area contributed by atoms with Gasteiger partial charge in [-0.05, 0) is 51.0 Å². The number of guanidine groups is 1. The Morgan fingerprint density at radius 1 is 1.25 bits per heavy atom. The van der Waals surface area contributed by atoms with Crippen LogP contribution in [-0.2, 0) is 17.8 Å². The highest BCUT2D eigenvalue weighted by Gasteiger charge is 2.17. The van der Waals surface area contributed by atoms with Gasteiger partial charge >= 0.3 is 0 Å². The van der Waals surface area contributed by atoms with Crippen molar-refractivity contribution in [2.45, 2.75) is 53.0 Å². The van der Waals surface area contributed by atoms with E-state index in [1.807, 2.05) is 20.0 Å². The zero-order valence-electron chi connectivity index (χ0n) is 19.7. The quantitative estimate of drug-likeness (QED) is 0.308. The number of morpholine rings is 1. The zero-order valence-corrected chi connectivity index (χ0v) is 22.1. The summed E-state index contributed by atoms with van der Waals surface area (Å²) in [5.41, 5.74) is 3.39. The van der Waals surface area contributed by atoms with Crippen molar-refractivity contribution >= 4 is 35.8 Å². The molecule has 32 heavy (non-hydrogen) atoms. The number of hydrogen-bond donors (Lipinski definition) is 2. The van der Waals surface area contributed by atoms with Crippen LogP contribution in [-0.4, -0.2) is 49.9 Å². The van der Waals surface area contributed by atoms with E-state index in [1.54, 1.807) is 7.05 Å². The lowest BCUT2D eigenvalue weighted by Gasteiger charge is -2.32. The molecule has 0 saturated carbocycles. The van der Waals surface area contributed by atoms with Gasteiger partial charge in [0.1, 0.15) is 11.6 Å². The van der Waals surface area contributed by atoms with Crippen LogP contribution in [0, 0.1) is 6.92 Å². The molecule has 2 N–H and O–H groups in total. The van der Waals surface area contributed by atoms with E-state index in [1.165, 1.54) is 5.56 Å². The molecule has 1 aromatic carbocycles.